The number of hydrogen-bond donors (Lipinski definition) is 2. The summed E-state index contributed by atoms with van der Waals surface area (Å²) in [6.07, 6.45) is 0. The molecule has 0 aromatic heterocycles. The van der Waals surface area contributed by atoms with Crippen molar-refractivity contribution < 1.29 is 22.7 Å². The molecule has 1 atom stereocenters. The fourth-order valence-corrected chi connectivity index (χ4v) is 4.53. The molecule has 1 heterocycles. The smallest absolute Gasteiger partial charge is 0.251 e. The van der Waals surface area contributed by atoms with Gasteiger partial charge in [-0.05, 0) is 61.7 Å². The Morgan fingerprint density at radius 1 is 0.933 bits per heavy atom. The molecule has 0 fully saturated rings. The third-order valence-electron chi connectivity index (χ3n) is 4.70. The second kappa shape index (κ2) is 9.06. The lowest BCUT2D eigenvalue weighted by Crippen LogP contribution is -2.32. The molecule has 0 saturated carbocycles. The highest BCUT2D eigenvalue weighted by molar-refractivity contribution is 7.89. The minimum atomic E-state index is -3.60. The molecule has 1 aliphatic heterocycles. The van der Waals surface area contributed by atoms with Crippen molar-refractivity contribution in [2.45, 2.75) is 44.7 Å². The van der Waals surface area contributed by atoms with Crippen LogP contribution in [0.5, 0.6) is 11.5 Å². The number of sulfonamides is 1. The summed E-state index contributed by atoms with van der Waals surface area (Å²) in [5, 5.41) is 3.05. The van der Waals surface area contributed by atoms with Gasteiger partial charge >= 0.3 is 0 Å². The fourth-order valence-electron chi connectivity index (χ4n) is 3.28. The molecular weight excluding hydrogens is 404 g/mol. The van der Waals surface area contributed by atoms with E-state index in [0.29, 0.717) is 30.3 Å². The van der Waals surface area contributed by atoms with E-state index in [4.69, 9.17) is 9.47 Å². The summed E-state index contributed by atoms with van der Waals surface area (Å²) in [7, 11) is -3.60. The maximum atomic E-state index is 12.8. The number of fused-ring (bicyclic) bond motifs is 1. The van der Waals surface area contributed by atoms with Crippen molar-refractivity contribution in [1.29, 1.82) is 0 Å². The van der Waals surface area contributed by atoms with E-state index in [1.807, 2.05) is 32.0 Å². The van der Waals surface area contributed by atoms with Crippen LogP contribution < -0.4 is 19.5 Å². The molecule has 2 N–H and O–H groups in total. The first-order chi connectivity index (χ1) is 14.2. The zero-order valence-corrected chi connectivity index (χ0v) is 18.5. The first-order valence-electron chi connectivity index (χ1n) is 10.00. The molecule has 30 heavy (non-hydrogen) atoms. The van der Waals surface area contributed by atoms with Crippen molar-refractivity contribution in [3.05, 3.63) is 53.6 Å². The van der Waals surface area contributed by atoms with Gasteiger partial charge in [-0.2, -0.15) is 0 Å². The van der Waals surface area contributed by atoms with Crippen LogP contribution in [0.15, 0.2) is 47.4 Å². The summed E-state index contributed by atoms with van der Waals surface area (Å²) in [5.41, 5.74) is 1.31. The van der Waals surface area contributed by atoms with Crippen LogP contribution in [-0.2, 0) is 10.0 Å². The summed E-state index contributed by atoms with van der Waals surface area (Å²) < 4.78 is 38.3. The predicted octanol–water partition coefficient (Wildman–Crippen LogP) is 3.27. The Hall–Kier alpha value is -2.58. The minimum absolute atomic E-state index is 0.125. The second-order valence-corrected chi connectivity index (χ2v) is 9.61. The summed E-state index contributed by atoms with van der Waals surface area (Å²) in [6, 6.07) is 11.1. The Labute approximate surface area is 177 Å². The summed E-state index contributed by atoms with van der Waals surface area (Å²) in [6.45, 7) is 8.57. The molecule has 7 nitrogen and oxygen atoms in total. The molecule has 8 heteroatoms. The molecule has 1 aliphatic rings. The molecule has 3 rings (SSSR count). The van der Waals surface area contributed by atoms with Crippen molar-refractivity contribution in [1.82, 2.24) is 10.0 Å². The van der Waals surface area contributed by atoms with Gasteiger partial charge in [0.1, 0.15) is 13.2 Å². The van der Waals surface area contributed by atoms with Crippen molar-refractivity contribution in [3.63, 3.8) is 0 Å². The number of carbonyl (C=O) groups is 1. The lowest BCUT2D eigenvalue weighted by Gasteiger charge is -2.25. The van der Waals surface area contributed by atoms with Gasteiger partial charge in [0.25, 0.3) is 5.91 Å². The van der Waals surface area contributed by atoms with Crippen molar-refractivity contribution in [2.24, 2.45) is 5.92 Å². The van der Waals surface area contributed by atoms with Crippen molar-refractivity contribution >= 4 is 15.9 Å². The summed E-state index contributed by atoms with van der Waals surface area (Å²) >= 11 is 0. The van der Waals surface area contributed by atoms with E-state index < -0.39 is 10.0 Å². The quantitative estimate of drug-likeness (QED) is 0.700. The molecule has 1 unspecified atom stereocenters. The van der Waals surface area contributed by atoms with Crippen LogP contribution >= 0.6 is 0 Å². The van der Waals surface area contributed by atoms with Gasteiger partial charge in [0.05, 0.1) is 10.9 Å². The highest BCUT2D eigenvalue weighted by Gasteiger charge is 2.22. The van der Waals surface area contributed by atoms with Crippen LogP contribution in [0.1, 0.15) is 49.7 Å². The van der Waals surface area contributed by atoms with E-state index in [9.17, 15) is 13.2 Å². The Morgan fingerprint density at radius 3 is 2.17 bits per heavy atom. The SMILES string of the molecule is CC(C)NS(=O)(=O)c1ccc(C(=O)NC(c2ccc3c(c2)OCCO3)C(C)C)cc1. The molecular formula is C22H28N2O5S. The molecule has 0 aliphatic carbocycles. The standard InChI is InChI=1S/C22H28N2O5S/c1-14(2)21(17-7-10-19-20(13-17)29-12-11-28-19)23-22(25)16-5-8-18(9-6-16)30(26,27)24-15(3)4/h5-10,13-15,21,24H,11-12H2,1-4H3,(H,23,25). The molecule has 0 spiro atoms. The number of hydrogen-bond acceptors (Lipinski definition) is 5. The number of ether oxygens (including phenoxy) is 2. The Bertz CT molecular complexity index is 1000. The number of amides is 1. The van der Waals surface area contributed by atoms with Gasteiger partial charge in [0.15, 0.2) is 11.5 Å². The Kier molecular flexibility index (Phi) is 6.67. The normalized spacial score (nSPS) is 14.6. The third kappa shape index (κ3) is 5.12. The van der Waals surface area contributed by atoms with Gasteiger partial charge in [-0.25, -0.2) is 13.1 Å². The molecule has 162 valence electrons. The zero-order chi connectivity index (χ0) is 21.9. The summed E-state index contributed by atoms with van der Waals surface area (Å²) in [4.78, 5) is 13.0. The third-order valence-corrected chi connectivity index (χ3v) is 6.37. The molecule has 0 radical (unpaired) electrons. The van der Waals surface area contributed by atoms with Gasteiger partial charge in [0.2, 0.25) is 10.0 Å². The molecule has 1 amide bonds. The maximum absolute atomic E-state index is 12.8. The van der Waals surface area contributed by atoms with Crippen LogP contribution in [-0.4, -0.2) is 33.6 Å². The molecule has 0 bridgehead atoms. The highest BCUT2D eigenvalue weighted by Crippen LogP contribution is 2.34. The van der Waals surface area contributed by atoms with Gasteiger partial charge in [0, 0.05) is 11.6 Å². The van der Waals surface area contributed by atoms with Crippen molar-refractivity contribution in [3.8, 4) is 11.5 Å². The maximum Gasteiger partial charge on any atom is 0.251 e. The average molecular weight is 433 g/mol. The Morgan fingerprint density at radius 2 is 1.57 bits per heavy atom. The number of benzene rings is 2. The molecule has 2 aromatic rings. The minimum Gasteiger partial charge on any atom is -0.486 e. The Balaban J connectivity index is 1.77. The highest BCUT2D eigenvalue weighted by atomic mass is 32.2. The van der Waals surface area contributed by atoms with E-state index >= 15 is 0 Å². The summed E-state index contributed by atoms with van der Waals surface area (Å²) in [5.74, 6) is 1.23. The van der Waals surface area contributed by atoms with Gasteiger partial charge in [-0.1, -0.05) is 19.9 Å². The lowest BCUT2D eigenvalue weighted by atomic mass is 9.95. The van der Waals surface area contributed by atoms with E-state index in [1.165, 1.54) is 24.3 Å². The first-order valence-corrected chi connectivity index (χ1v) is 11.5. The monoisotopic (exact) mass is 432 g/mol. The molecule has 0 saturated heterocycles. The topological polar surface area (TPSA) is 93.7 Å². The zero-order valence-electron chi connectivity index (χ0n) is 17.6. The van der Waals surface area contributed by atoms with E-state index in [2.05, 4.69) is 10.0 Å². The van der Waals surface area contributed by atoms with Gasteiger partial charge < -0.3 is 14.8 Å². The van der Waals surface area contributed by atoms with E-state index in [-0.39, 0.29) is 28.8 Å². The number of rotatable bonds is 7. The fraction of sp³-hybridized carbons (Fsp3) is 0.409. The lowest BCUT2D eigenvalue weighted by molar-refractivity contribution is 0.0925. The van der Waals surface area contributed by atoms with Crippen LogP contribution in [0, 0.1) is 5.92 Å². The first kappa shape index (κ1) is 22.1. The van der Waals surface area contributed by atoms with E-state index in [1.54, 1.807) is 13.8 Å². The number of nitrogens with one attached hydrogen (secondary N) is 2. The van der Waals surface area contributed by atoms with E-state index in [0.717, 1.165) is 5.56 Å². The largest absolute Gasteiger partial charge is 0.486 e. The van der Waals surface area contributed by atoms with Gasteiger partial charge in [-0.3, -0.25) is 4.79 Å². The van der Waals surface area contributed by atoms with Crippen LogP contribution in [0.3, 0.4) is 0 Å². The van der Waals surface area contributed by atoms with Crippen LogP contribution in [0.25, 0.3) is 0 Å². The predicted molar refractivity (Wildman–Crippen MR) is 114 cm³/mol. The second-order valence-electron chi connectivity index (χ2n) is 7.90. The van der Waals surface area contributed by atoms with Gasteiger partial charge in [-0.15, -0.1) is 0 Å². The average Bonchev–Trinajstić information content (AvgIpc) is 2.70. The molecule has 2 aromatic carbocycles. The van der Waals surface area contributed by atoms with Crippen molar-refractivity contribution in [2.75, 3.05) is 13.2 Å². The van der Waals surface area contributed by atoms with Crippen LogP contribution in [0.4, 0.5) is 0 Å². The van der Waals surface area contributed by atoms with Crippen LogP contribution in [0.2, 0.25) is 0 Å². The number of carbonyl (C=O) groups excluding carboxylic acids is 1.